The Morgan fingerprint density at radius 2 is 1.74 bits per heavy atom. The Hall–Kier alpha value is -4.68. The zero-order chi connectivity index (χ0) is 34.9. The summed E-state index contributed by atoms with van der Waals surface area (Å²) in [4.78, 5) is 66.1. The molecule has 0 spiro atoms. The van der Waals surface area contributed by atoms with Crippen molar-refractivity contribution in [3.8, 4) is 5.75 Å². The number of anilines is 1. The van der Waals surface area contributed by atoms with Gasteiger partial charge in [0.2, 0.25) is 11.7 Å². The second kappa shape index (κ2) is 16.2. The van der Waals surface area contributed by atoms with Crippen molar-refractivity contribution in [3.63, 3.8) is 0 Å². The van der Waals surface area contributed by atoms with E-state index in [1.807, 2.05) is 32.9 Å². The fraction of sp³-hybridized carbons (Fsp3) is 0.441. The molecule has 1 aliphatic rings. The summed E-state index contributed by atoms with van der Waals surface area (Å²) in [6.07, 6.45) is 3.18. The van der Waals surface area contributed by atoms with Gasteiger partial charge in [0.25, 0.3) is 0 Å². The van der Waals surface area contributed by atoms with Crippen molar-refractivity contribution in [3.05, 3.63) is 71.1 Å². The highest BCUT2D eigenvalue weighted by atomic mass is 19.2. The predicted octanol–water partition coefficient (Wildman–Crippen LogP) is 4.39. The number of hydrogen-bond acceptors (Lipinski definition) is 7. The first-order chi connectivity index (χ1) is 22.2. The maximum atomic E-state index is 14.5. The van der Waals surface area contributed by atoms with Crippen LogP contribution in [0.5, 0.6) is 5.75 Å². The molecule has 0 saturated heterocycles. The summed E-state index contributed by atoms with van der Waals surface area (Å²) in [5.41, 5.74) is 0.733. The van der Waals surface area contributed by atoms with Crippen LogP contribution in [0.4, 0.5) is 18.9 Å². The molecule has 0 fully saturated rings. The number of amides is 3. The number of para-hydroxylation sites is 1. The molecule has 47 heavy (non-hydrogen) atoms. The molecule has 0 bridgehead atoms. The molecule has 0 aliphatic carbocycles. The number of Topliss-reactive ketones (excluding diaryl/α,β-unsaturated/α-hetero) is 1. The summed E-state index contributed by atoms with van der Waals surface area (Å²) < 4.78 is 52.7. The van der Waals surface area contributed by atoms with Crippen molar-refractivity contribution in [1.82, 2.24) is 10.2 Å². The molecule has 2 N–H and O–H groups in total. The van der Waals surface area contributed by atoms with E-state index < -0.39 is 77.7 Å². The lowest BCUT2D eigenvalue weighted by Gasteiger charge is -2.26. The Bertz CT molecular complexity index is 1540. The van der Waals surface area contributed by atoms with Crippen LogP contribution in [0.25, 0.3) is 0 Å². The quantitative estimate of drug-likeness (QED) is 0.158. The molecule has 1 aliphatic heterocycles. The first-order valence-electron chi connectivity index (χ1n) is 15.2. The normalized spacial score (nSPS) is 15.3. The first kappa shape index (κ1) is 36.8. The van der Waals surface area contributed by atoms with Gasteiger partial charge in [-0.15, -0.1) is 0 Å². The third kappa shape index (κ3) is 9.66. The number of allylic oxidation sites excluding steroid dienone is 1. The minimum atomic E-state index is -1.51. The minimum absolute atomic E-state index is 0.000420. The van der Waals surface area contributed by atoms with Crippen molar-refractivity contribution >= 4 is 35.2 Å². The van der Waals surface area contributed by atoms with E-state index in [0.29, 0.717) is 18.2 Å². The monoisotopic (exact) mass is 659 g/mol. The highest BCUT2D eigenvalue weighted by molar-refractivity contribution is 6.39. The molecule has 0 aromatic heterocycles. The van der Waals surface area contributed by atoms with Crippen LogP contribution in [0.2, 0.25) is 0 Å². The maximum absolute atomic E-state index is 14.5. The van der Waals surface area contributed by atoms with Crippen molar-refractivity contribution in [2.45, 2.75) is 64.8 Å². The Kier molecular flexibility index (Phi) is 12.7. The van der Waals surface area contributed by atoms with E-state index in [9.17, 15) is 37.1 Å². The number of carbonyl (C=O) groups is 5. The summed E-state index contributed by atoms with van der Waals surface area (Å²) in [5.74, 6) is -9.96. The highest BCUT2D eigenvalue weighted by Gasteiger charge is 2.33. The fourth-order valence-electron chi connectivity index (χ4n) is 5.07. The van der Waals surface area contributed by atoms with Crippen LogP contribution in [0.3, 0.4) is 0 Å². The van der Waals surface area contributed by atoms with E-state index in [0.717, 1.165) is 12.7 Å². The molecule has 1 heterocycles. The Labute approximate surface area is 271 Å². The number of rotatable bonds is 11. The number of benzene rings is 2. The molecule has 10 nitrogen and oxygen atoms in total. The average molecular weight is 660 g/mol. The van der Waals surface area contributed by atoms with Gasteiger partial charge in [0.05, 0.1) is 19.4 Å². The van der Waals surface area contributed by atoms with Crippen molar-refractivity contribution in [2.75, 3.05) is 32.1 Å². The standard InChI is InChI=1S/C34H40F3N3O7/c1-6-11-21-23(35)16-24(36)29(37)30(21)47-19-27(41)26(17-28(42)46-5)39-31(43)20-12-9-10-15-40(18-20)33(45)32(44)38-25-14-8-7-13-22(25)34(2,3)4/h7-10,13-14,16,20,26H,6,11-12,15,17-19H2,1-5H3,(H,38,44)(H,39,43)/t20-,26+/m1/s1. The zero-order valence-corrected chi connectivity index (χ0v) is 27.1. The number of esters is 1. The highest BCUT2D eigenvalue weighted by Crippen LogP contribution is 2.30. The number of ether oxygens (including phenoxy) is 2. The molecule has 3 amide bonds. The SMILES string of the molecule is CCCc1c(F)cc(F)c(F)c1OCC(=O)[C@H](CC(=O)OC)NC(=O)[C@@H]1CC=CCN(C(=O)C(=O)Nc2ccccc2C(C)(C)C)C1. The first-order valence-corrected chi connectivity index (χ1v) is 15.2. The van der Waals surface area contributed by atoms with E-state index in [4.69, 9.17) is 4.74 Å². The van der Waals surface area contributed by atoms with Gasteiger partial charge in [0.15, 0.2) is 17.3 Å². The van der Waals surface area contributed by atoms with Gasteiger partial charge in [-0.25, -0.2) is 8.78 Å². The molecule has 0 saturated carbocycles. The van der Waals surface area contributed by atoms with Crippen molar-refractivity contribution in [1.29, 1.82) is 0 Å². The largest absolute Gasteiger partial charge is 0.482 e. The van der Waals surface area contributed by atoms with Crippen LogP contribution in [0.1, 0.15) is 58.1 Å². The number of halogens is 3. The minimum Gasteiger partial charge on any atom is -0.482 e. The van der Waals surface area contributed by atoms with Crippen LogP contribution in [-0.2, 0) is 40.5 Å². The molecule has 2 atom stereocenters. The molecular weight excluding hydrogens is 619 g/mol. The Morgan fingerprint density at radius 1 is 1.04 bits per heavy atom. The Morgan fingerprint density at radius 3 is 2.40 bits per heavy atom. The molecular formula is C34H40F3N3O7. The molecule has 0 unspecified atom stereocenters. The van der Waals surface area contributed by atoms with Gasteiger partial charge in [-0.1, -0.05) is 64.5 Å². The van der Waals surface area contributed by atoms with E-state index in [2.05, 4.69) is 15.4 Å². The molecule has 0 radical (unpaired) electrons. The molecule has 2 aromatic carbocycles. The zero-order valence-electron chi connectivity index (χ0n) is 27.1. The van der Waals surface area contributed by atoms with Gasteiger partial charge >= 0.3 is 17.8 Å². The van der Waals surface area contributed by atoms with Crippen LogP contribution < -0.4 is 15.4 Å². The van der Waals surface area contributed by atoms with Gasteiger partial charge in [0, 0.05) is 30.4 Å². The van der Waals surface area contributed by atoms with E-state index >= 15 is 0 Å². The number of nitrogens with zero attached hydrogens (tertiary/aromatic N) is 1. The lowest BCUT2D eigenvalue weighted by molar-refractivity contribution is -0.144. The third-order valence-corrected chi connectivity index (χ3v) is 7.58. The van der Waals surface area contributed by atoms with Gasteiger partial charge < -0.3 is 25.0 Å². The lowest BCUT2D eigenvalue weighted by Crippen LogP contribution is -2.49. The number of ketones is 1. The van der Waals surface area contributed by atoms with Crippen LogP contribution in [-0.4, -0.2) is 67.2 Å². The molecule has 254 valence electrons. The van der Waals surface area contributed by atoms with Crippen LogP contribution >= 0.6 is 0 Å². The van der Waals surface area contributed by atoms with Crippen molar-refractivity contribution < 1.29 is 46.6 Å². The average Bonchev–Trinajstić information content (AvgIpc) is 3.29. The van der Waals surface area contributed by atoms with Crippen LogP contribution in [0, 0.1) is 23.4 Å². The number of carbonyl (C=O) groups excluding carboxylic acids is 5. The van der Waals surface area contributed by atoms with E-state index in [1.54, 1.807) is 31.2 Å². The number of methoxy groups -OCH3 is 1. The van der Waals surface area contributed by atoms with Gasteiger partial charge in [-0.2, -0.15) is 4.39 Å². The number of nitrogens with one attached hydrogen (secondary N) is 2. The lowest BCUT2D eigenvalue weighted by atomic mass is 9.86. The van der Waals surface area contributed by atoms with Crippen LogP contribution in [0.15, 0.2) is 42.5 Å². The van der Waals surface area contributed by atoms with E-state index in [1.165, 1.54) is 4.90 Å². The summed E-state index contributed by atoms with van der Waals surface area (Å²) in [7, 11) is 1.08. The second-order valence-electron chi connectivity index (χ2n) is 12.2. The summed E-state index contributed by atoms with van der Waals surface area (Å²) in [6.45, 7) is 6.53. The summed E-state index contributed by atoms with van der Waals surface area (Å²) in [5, 5.41) is 5.13. The number of hydrogen-bond donors (Lipinski definition) is 2. The van der Waals surface area contributed by atoms with Gasteiger partial charge in [0.1, 0.15) is 18.5 Å². The van der Waals surface area contributed by atoms with E-state index in [-0.39, 0.29) is 36.9 Å². The Balaban J connectivity index is 1.74. The van der Waals surface area contributed by atoms with Crippen molar-refractivity contribution in [2.24, 2.45) is 5.92 Å². The molecule has 2 aromatic rings. The summed E-state index contributed by atoms with van der Waals surface area (Å²) >= 11 is 0. The maximum Gasteiger partial charge on any atom is 0.313 e. The molecule has 3 rings (SSSR count). The molecule has 13 heteroatoms. The predicted molar refractivity (Wildman–Crippen MR) is 167 cm³/mol. The smallest absolute Gasteiger partial charge is 0.313 e. The second-order valence-corrected chi connectivity index (χ2v) is 12.2. The van der Waals surface area contributed by atoms with Gasteiger partial charge in [-0.05, 0) is 29.9 Å². The topological polar surface area (TPSA) is 131 Å². The summed E-state index contributed by atoms with van der Waals surface area (Å²) in [6, 6.07) is 5.98. The van der Waals surface area contributed by atoms with Gasteiger partial charge in [-0.3, -0.25) is 24.0 Å². The fourth-order valence-corrected chi connectivity index (χ4v) is 5.07. The third-order valence-electron chi connectivity index (χ3n) is 7.58.